The summed E-state index contributed by atoms with van der Waals surface area (Å²) in [6.07, 6.45) is -1.69. The Morgan fingerprint density at radius 2 is 2.14 bits per heavy atom. The van der Waals surface area contributed by atoms with Crippen LogP contribution in [-0.4, -0.2) is 15.7 Å². The molecular formula is C12H10BrF3N4O. The largest absolute Gasteiger partial charge is 0.417 e. The molecule has 9 heteroatoms. The number of nitrogens with zero attached hydrogens (tertiary/aromatic N) is 2. The molecule has 3 N–H and O–H groups in total. The molecule has 0 atom stereocenters. The number of nitrogens with two attached hydrogens (primary N) is 1. The number of alkyl halides is 3. The average molecular weight is 363 g/mol. The minimum atomic E-state index is -4.50. The predicted molar refractivity (Wildman–Crippen MR) is 74.4 cm³/mol. The van der Waals surface area contributed by atoms with E-state index in [0.29, 0.717) is 5.69 Å². The molecular weight excluding hydrogens is 353 g/mol. The van der Waals surface area contributed by atoms with Gasteiger partial charge in [0.25, 0.3) is 0 Å². The van der Waals surface area contributed by atoms with Crippen LogP contribution >= 0.6 is 15.9 Å². The van der Waals surface area contributed by atoms with Crippen LogP contribution in [0.5, 0.6) is 0 Å². The molecule has 1 heterocycles. The lowest BCUT2D eigenvalue weighted by Crippen LogP contribution is -2.19. The van der Waals surface area contributed by atoms with Crippen molar-refractivity contribution in [1.29, 1.82) is 0 Å². The van der Waals surface area contributed by atoms with Crippen molar-refractivity contribution < 1.29 is 18.0 Å². The van der Waals surface area contributed by atoms with E-state index in [0.717, 1.165) is 6.07 Å². The van der Waals surface area contributed by atoms with Gasteiger partial charge in [0.05, 0.1) is 17.4 Å². The van der Waals surface area contributed by atoms with Crippen LogP contribution in [0.4, 0.5) is 24.5 Å². The minimum Gasteiger partial charge on any atom is -0.396 e. The van der Waals surface area contributed by atoms with E-state index in [1.807, 2.05) is 0 Å². The van der Waals surface area contributed by atoms with Crippen LogP contribution < -0.4 is 11.1 Å². The van der Waals surface area contributed by atoms with Gasteiger partial charge in [0.2, 0.25) is 5.91 Å². The number of anilines is 2. The second-order valence-electron chi connectivity index (χ2n) is 4.21. The summed E-state index contributed by atoms with van der Waals surface area (Å²) in [5.41, 5.74) is 5.03. The van der Waals surface area contributed by atoms with Gasteiger partial charge in [-0.3, -0.25) is 9.48 Å². The zero-order valence-corrected chi connectivity index (χ0v) is 12.1. The summed E-state index contributed by atoms with van der Waals surface area (Å²) in [5, 5.41) is 6.19. The van der Waals surface area contributed by atoms with E-state index in [4.69, 9.17) is 5.73 Å². The van der Waals surface area contributed by atoms with Gasteiger partial charge < -0.3 is 11.1 Å². The van der Waals surface area contributed by atoms with Gasteiger partial charge in [0.15, 0.2) is 0 Å². The first-order valence-corrected chi connectivity index (χ1v) is 6.49. The third kappa shape index (κ3) is 3.97. The zero-order valence-electron chi connectivity index (χ0n) is 10.5. The minimum absolute atomic E-state index is 0.0515. The highest BCUT2D eigenvalue weighted by atomic mass is 79.9. The molecule has 0 unspecified atom stereocenters. The maximum atomic E-state index is 12.7. The van der Waals surface area contributed by atoms with Gasteiger partial charge in [0, 0.05) is 16.4 Å². The Balaban J connectivity index is 2.11. The number of benzene rings is 1. The number of nitrogens with one attached hydrogen (secondary N) is 1. The maximum absolute atomic E-state index is 12.7. The molecule has 21 heavy (non-hydrogen) atoms. The fraction of sp³-hybridized carbons (Fsp3) is 0.167. The number of amides is 1. The Bertz CT molecular complexity index is 669. The first-order valence-electron chi connectivity index (χ1n) is 5.70. The molecule has 112 valence electrons. The molecule has 0 aliphatic rings. The molecule has 0 bridgehead atoms. The van der Waals surface area contributed by atoms with Gasteiger partial charge in [-0.2, -0.15) is 18.3 Å². The second-order valence-corrected chi connectivity index (χ2v) is 5.07. The summed E-state index contributed by atoms with van der Waals surface area (Å²) in [6.45, 7) is -0.144. The highest BCUT2D eigenvalue weighted by Gasteiger charge is 2.33. The number of hydrogen-bond acceptors (Lipinski definition) is 3. The van der Waals surface area contributed by atoms with Crippen molar-refractivity contribution in [1.82, 2.24) is 9.78 Å². The molecule has 1 aromatic heterocycles. The van der Waals surface area contributed by atoms with Crippen LogP contribution in [-0.2, 0) is 17.5 Å². The topological polar surface area (TPSA) is 72.9 Å². The van der Waals surface area contributed by atoms with Crippen LogP contribution in [0.1, 0.15) is 5.56 Å². The van der Waals surface area contributed by atoms with Crippen molar-refractivity contribution in [3.05, 3.63) is 40.6 Å². The Labute approximate surface area is 126 Å². The van der Waals surface area contributed by atoms with Gasteiger partial charge in [-0.15, -0.1) is 0 Å². The van der Waals surface area contributed by atoms with Crippen molar-refractivity contribution in [3.63, 3.8) is 0 Å². The number of rotatable bonds is 3. The van der Waals surface area contributed by atoms with Crippen LogP contribution in [0, 0.1) is 0 Å². The number of carbonyl (C=O) groups is 1. The first kappa shape index (κ1) is 15.4. The van der Waals surface area contributed by atoms with Gasteiger partial charge in [-0.1, -0.05) is 15.9 Å². The number of carbonyl (C=O) groups excluding carboxylic acids is 1. The molecule has 0 radical (unpaired) electrons. The summed E-state index contributed by atoms with van der Waals surface area (Å²) >= 11 is 2.83. The summed E-state index contributed by atoms with van der Waals surface area (Å²) in [5.74, 6) is -0.506. The smallest absolute Gasteiger partial charge is 0.396 e. The molecule has 0 fully saturated rings. The van der Waals surface area contributed by atoms with E-state index in [9.17, 15) is 18.0 Å². The molecule has 0 spiro atoms. The van der Waals surface area contributed by atoms with Crippen molar-refractivity contribution in [3.8, 4) is 0 Å². The Kier molecular flexibility index (Phi) is 4.21. The summed E-state index contributed by atoms with van der Waals surface area (Å²) < 4.78 is 39.4. The van der Waals surface area contributed by atoms with E-state index < -0.39 is 17.6 Å². The summed E-state index contributed by atoms with van der Waals surface area (Å²) in [7, 11) is 0. The maximum Gasteiger partial charge on any atom is 0.417 e. The number of halogens is 4. The van der Waals surface area contributed by atoms with Crippen molar-refractivity contribution in [2.24, 2.45) is 0 Å². The molecule has 0 saturated carbocycles. The SMILES string of the molecule is Nc1cnn(CC(=O)Nc2ccc(Br)c(C(F)(F)F)c2)c1. The summed E-state index contributed by atoms with van der Waals surface area (Å²) in [6, 6.07) is 3.46. The molecule has 2 aromatic rings. The molecule has 0 aliphatic carbocycles. The van der Waals surface area contributed by atoms with E-state index in [2.05, 4.69) is 26.3 Å². The molecule has 2 rings (SSSR count). The van der Waals surface area contributed by atoms with Crippen LogP contribution in [0.25, 0.3) is 0 Å². The van der Waals surface area contributed by atoms with Crippen molar-refractivity contribution in [2.45, 2.75) is 12.7 Å². The number of aromatic nitrogens is 2. The molecule has 0 aliphatic heterocycles. The Morgan fingerprint density at radius 3 is 2.71 bits per heavy atom. The van der Waals surface area contributed by atoms with Gasteiger partial charge in [0.1, 0.15) is 6.54 Å². The van der Waals surface area contributed by atoms with Crippen molar-refractivity contribution >= 4 is 33.2 Å². The molecule has 0 saturated heterocycles. The van der Waals surface area contributed by atoms with E-state index in [-0.39, 0.29) is 16.7 Å². The van der Waals surface area contributed by atoms with E-state index in [1.54, 1.807) is 0 Å². The highest BCUT2D eigenvalue weighted by molar-refractivity contribution is 9.10. The number of hydrogen-bond donors (Lipinski definition) is 2. The normalized spacial score (nSPS) is 11.4. The molecule has 1 amide bonds. The first-order chi connectivity index (χ1) is 9.75. The fourth-order valence-electron chi connectivity index (χ4n) is 1.63. The van der Waals surface area contributed by atoms with E-state index >= 15 is 0 Å². The standard InChI is InChI=1S/C12H10BrF3N4O/c13-10-2-1-8(3-9(10)12(14,15)16)19-11(21)6-20-5-7(17)4-18-20/h1-5H,6,17H2,(H,19,21). The van der Waals surface area contributed by atoms with Gasteiger partial charge in [-0.25, -0.2) is 0 Å². The third-order valence-corrected chi connectivity index (χ3v) is 3.21. The summed E-state index contributed by atoms with van der Waals surface area (Å²) in [4.78, 5) is 11.7. The fourth-order valence-corrected chi connectivity index (χ4v) is 2.11. The Morgan fingerprint density at radius 1 is 1.43 bits per heavy atom. The average Bonchev–Trinajstić information content (AvgIpc) is 2.75. The monoisotopic (exact) mass is 362 g/mol. The lowest BCUT2D eigenvalue weighted by atomic mass is 10.2. The van der Waals surface area contributed by atoms with Crippen LogP contribution in [0.15, 0.2) is 35.1 Å². The van der Waals surface area contributed by atoms with E-state index in [1.165, 1.54) is 29.2 Å². The quantitative estimate of drug-likeness (QED) is 0.881. The Hall–Kier alpha value is -2.03. The number of nitrogen functional groups attached to an aromatic ring is 1. The third-order valence-electron chi connectivity index (χ3n) is 2.51. The van der Waals surface area contributed by atoms with Crippen LogP contribution in [0.3, 0.4) is 0 Å². The van der Waals surface area contributed by atoms with Crippen LogP contribution in [0.2, 0.25) is 0 Å². The van der Waals surface area contributed by atoms with Gasteiger partial charge in [-0.05, 0) is 18.2 Å². The second kappa shape index (κ2) is 5.76. The molecule has 5 nitrogen and oxygen atoms in total. The van der Waals surface area contributed by atoms with Gasteiger partial charge >= 0.3 is 6.18 Å². The molecule has 1 aromatic carbocycles. The lowest BCUT2D eigenvalue weighted by molar-refractivity contribution is -0.138. The zero-order chi connectivity index (χ0) is 15.6. The van der Waals surface area contributed by atoms with Crippen molar-refractivity contribution in [2.75, 3.05) is 11.1 Å². The lowest BCUT2D eigenvalue weighted by Gasteiger charge is -2.12. The highest BCUT2D eigenvalue weighted by Crippen LogP contribution is 2.36. The predicted octanol–water partition coefficient (Wildman–Crippen LogP) is 2.89.